The summed E-state index contributed by atoms with van der Waals surface area (Å²) in [6, 6.07) is 0. The fourth-order valence-corrected chi connectivity index (χ4v) is 4.16. The lowest BCUT2D eigenvalue weighted by Crippen LogP contribution is -2.48. The van der Waals surface area contributed by atoms with Crippen LogP contribution in [-0.2, 0) is 0 Å². The molecule has 0 radical (unpaired) electrons. The van der Waals surface area contributed by atoms with Gasteiger partial charge in [-0.2, -0.15) is 0 Å². The molecule has 0 aromatic carbocycles. The minimum absolute atomic E-state index is 0.340. The number of thioether (sulfide) groups is 1. The fraction of sp³-hybridized carbons (Fsp3) is 1.00. The van der Waals surface area contributed by atoms with Crippen molar-refractivity contribution in [2.45, 2.75) is 44.0 Å². The summed E-state index contributed by atoms with van der Waals surface area (Å²) in [4.78, 5) is 2.99. The van der Waals surface area contributed by atoms with E-state index in [1.807, 2.05) is 0 Å². The molecule has 0 aliphatic carbocycles. The van der Waals surface area contributed by atoms with Crippen molar-refractivity contribution in [3.05, 3.63) is 0 Å². The van der Waals surface area contributed by atoms with Gasteiger partial charge in [-0.15, -0.1) is 11.8 Å². The summed E-state index contributed by atoms with van der Waals surface area (Å²) in [6.45, 7) is 10.7. The summed E-state index contributed by atoms with van der Waals surface area (Å²) in [5.74, 6) is 1.26. The molecule has 3 heteroatoms. The number of rotatable bonds is 2. The Morgan fingerprint density at radius 3 is 2.79 bits per heavy atom. The summed E-state index contributed by atoms with van der Waals surface area (Å²) in [5, 5.41) is 3.82. The molecule has 82 valence electrons. The van der Waals surface area contributed by atoms with Crippen LogP contribution in [0.5, 0.6) is 0 Å². The molecule has 0 aromatic heterocycles. The standard InChI is InChI=1S/C11H22N2S/c1-4-6-13-7-5-11(8-13)12-10(2,3)9-14-11/h12H,4-9H2,1-3H3. The molecule has 2 saturated heterocycles. The highest BCUT2D eigenvalue weighted by Crippen LogP contribution is 2.41. The average molecular weight is 214 g/mol. The van der Waals surface area contributed by atoms with Crippen LogP contribution in [0.4, 0.5) is 0 Å². The summed E-state index contributed by atoms with van der Waals surface area (Å²) in [5.41, 5.74) is 0.340. The van der Waals surface area contributed by atoms with Crippen LogP contribution in [-0.4, -0.2) is 40.7 Å². The smallest absolute Gasteiger partial charge is 0.0790 e. The van der Waals surface area contributed by atoms with Gasteiger partial charge in [0.1, 0.15) is 0 Å². The number of hydrogen-bond acceptors (Lipinski definition) is 3. The maximum absolute atomic E-state index is 3.82. The second-order valence-corrected chi connectivity index (χ2v) is 6.68. The maximum Gasteiger partial charge on any atom is 0.0790 e. The highest BCUT2D eigenvalue weighted by Gasteiger charge is 2.46. The van der Waals surface area contributed by atoms with Crippen molar-refractivity contribution >= 4 is 11.8 Å². The van der Waals surface area contributed by atoms with Crippen molar-refractivity contribution < 1.29 is 0 Å². The van der Waals surface area contributed by atoms with E-state index in [0.29, 0.717) is 10.4 Å². The van der Waals surface area contributed by atoms with Crippen LogP contribution in [0.2, 0.25) is 0 Å². The normalized spacial score (nSPS) is 37.1. The molecule has 0 aromatic rings. The van der Waals surface area contributed by atoms with Gasteiger partial charge in [0.15, 0.2) is 0 Å². The number of hydrogen-bond donors (Lipinski definition) is 1. The van der Waals surface area contributed by atoms with E-state index in [2.05, 4.69) is 42.7 Å². The fourth-order valence-electron chi connectivity index (χ4n) is 2.59. The highest BCUT2D eigenvalue weighted by molar-refractivity contribution is 8.01. The molecule has 1 spiro atoms. The van der Waals surface area contributed by atoms with Gasteiger partial charge in [-0.25, -0.2) is 0 Å². The van der Waals surface area contributed by atoms with Gasteiger partial charge in [0.2, 0.25) is 0 Å². The lowest BCUT2D eigenvalue weighted by molar-refractivity contribution is 0.307. The Labute approximate surface area is 91.8 Å². The Hall–Kier alpha value is 0.270. The van der Waals surface area contributed by atoms with Crippen molar-refractivity contribution in [3.63, 3.8) is 0 Å². The second kappa shape index (κ2) is 3.69. The van der Waals surface area contributed by atoms with E-state index in [1.165, 1.54) is 38.2 Å². The third-order valence-electron chi connectivity index (χ3n) is 3.13. The lowest BCUT2D eigenvalue weighted by Gasteiger charge is -2.27. The first-order valence-corrected chi connectivity index (χ1v) is 6.69. The van der Waals surface area contributed by atoms with E-state index in [1.54, 1.807) is 0 Å². The molecule has 1 atom stereocenters. The van der Waals surface area contributed by atoms with Gasteiger partial charge >= 0.3 is 0 Å². The van der Waals surface area contributed by atoms with Crippen molar-refractivity contribution in [2.24, 2.45) is 0 Å². The monoisotopic (exact) mass is 214 g/mol. The molecule has 2 nitrogen and oxygen atoms in total. The third kappa shape index (κ3) is 2.10. The van der Waals surface area contributed by atoms with Gasteiger partial charge in [0, 0.05) is 24.4 Å². The third-order valence-corrected chi connectivity index (χ3v) is 4.98. The summed E-state index contributed by atoms with van der Waals surface area (Å²) in [6.07, 6.45) is 2.60. The molecular weight excluding hydrogens is 192 g/mol. The number of nitrogens with zero attached hydrogens (tertiary/aromatic N) is 1. The first-order valence-electron chi connectivity index (χ1n) is 5.71. The SMILES string of the molecule is CCCN1CCC2(C1)NC(C)(C)CS2. The van der Waals surface area contributed by atoms with Crippen LogP contribution in [0.3, 0.4) is 0 Å². The van der Waals surface area contributed by atoms with E-state index in [9.17, 15) is 0 Å². The van der Waals surface area contributed by atoms with Gasteiger partial charge in [-0.05, 0) is 33.2 Å². The maximum atomic E-state index is 3.82. The predicted molar refractivity (Wildman–Crippen MR) is 63.8 cm³/mol. The first-order chi connectivity index (χ1) is 6.55. The molecule has 2 aliphatic rings. The first kappa shape index (κ1) is 10.8. The zero-order chi connectivity index (χ0) is 10.2. The molecule has 1 N–H and O–H groups in total. The Bertz CT molecular complexity index is 217. The molecule has 0 bridgehead atoms. The van der Waals surface area contributed by atoms with E-state index >= 15 is 0 Å². The summed E-state index contributed by atoms with van der Waals surface area (Å²) < 4.78 is 0. The van der Waals surface area contributed by atoms with E-state index in [-0.39, 0.29) is 0 Å². The molecule has 2 aliphatic heterocycles. The van der Waals surface area contributed by atoms with Gasteiger partial charge in [0.25, 0.3) is 0 Å². The van der Waals surface area contributed by atoms with Crippen LogP contribution >= 0.6 is 11.8 Å². The average Bonchev–Trinajstić information content (AvgIpc) is 2.59. The Balaban J connectivity index is 1.94. The zero-order valence-electron chi connectivity index (χ0n) is 9.60. The van der Waals surface area contributed by atoms with E-state index in [4.69, 9.17) is 0 Å². The molecule has 14 heavy (non-hydrogen) atoms. The largest absolute Gasteiger partial charge is 0.301 e. The molecular formula is C11H22N2S. The molecule has 2 rings (SSSR count). The minimum atomic E-state index is 0.340. The molecule has 2 heterocycles. The number of nitrogens with one attached hydrogen (secondary N) is 1. The Kier molecular flexibility index (Phi) is 2.84. The van der Waals surface area contributed by atoms with Gasteiger partial charge in [0.05, 0.1) is 4.87 Å². The van der Waals surface area contributed by atoms with Crippen molar-refractivity contribution in [1.29, 1.82) is 0 Å². The topological polar surface area (TPSA) is 15.3 Å². The van der Waals surface area contributed by atoms with Gasteiger partial charge in [-0.1, -0.05) is 6.92 Å². The van der Waals surface area contributed by atoms with Crippen LogP contribution in [0.1, 0.15) is 33.6 Å². The van der Waals surface area contributed by atoms with Crippen LogP contribution in [0, 0.1) is 0 Å². The minimum Gasteiger partial charge on any atom is -0.301 e. The number of likely N-dealkylation sites (tertiary alicyclic amines) is 1. The van der Waals surface area contributed by atoms with Gasteiger partial charge in [-0.3, -0.25) is 5.32 Å². The molecule has 2 fully saturated rings. The predicted octanol–water partition coefficient (Wildman–Crippen LogP) is 1.91. The van der Waals surface area contributed by atoms with E-state index in [0.717, 1.165) is 0 Å². The van der Waals surface area contributed by atoms with Gasteiger partial charge < -0.3 is 4.90 Å². The zero-order valence-corrected chi connectivity index (χ0v) is 10.4. The van der Waals surface area contributed by atoms with E-state index < -0.39 is 0 Å². The molecule has 0 saturated carbocycles. The van der Waals surface area contributed by atoms with Crippen LogP contribution in [0.25, 0.3) is 0 Å². The van der Waals surface area contributed by atoms with Crippen molar-refractivity contribution in [2.75, 3.05) is 25.4 Å². The van der Waals surface area contributed by atoms with Crippen LogP contribution < -0.4 is 5.32 Å². The van der Waals surface area contributed by atoms with Crippen molar-refractivity contribution in [1.82, 2.24) is 10.2 Å². The summed E-state index contributed by atoms with van der Waals surface area (Å²) >= 11 is 2.14. The quantitative estimate of drug-likeness (QED) is 0.756. The van der Waals surface area contributed by atoms with Crippen LogP contribution in [0.15, 0.2) is 0 Å². The Morgan fingerprint density at radius 2 is 2.21 bits per heavy atom. The second-order valence-electron chi connectivity index (χ2n) is 5.32. The molecule has 1 unspecified atom stereocenters. The summed E-state index contributed by atoms with van der Waals surface area (Å²) in [7, 11) is 0. The lowest BCUT2D eigenvalue weighted by atomic mass is 10.1. The van der Waals surface area contributed by atoms with Crippen molar-refractivity contribution in [3.8, 4) is 0 Å². The highest BCUT2D eigenvalue weighted by atomic mass is 32.2. The Morgan fingerprint density at radius 1 is 1.43 bits per heavy atom. The molecule has 0 amide bonds.